The number of amides is 1. The minimum Gasteiger partial charge on any atom is -0.497 e. The smallest absolute Gasteiger partial charge is 0.248 e. The van der Waals surface area contributed by atoms with Crippen molar-refractivity contribution in [1.29, 1.82) is 0 Å². The van der Waals surface area contributed by atoms with E-state index in [1.165, 1.54) is 6.08 Å². The largest absolute Gasteiger partial charge is 0.497 e. The van der Waals surface area contributed by atoms with Gasteiger partial charge in [-0.15, -0.1) is 0 Å². The Morgan fingerprint density at radius 2 is 1.67 bits per heavy atom. The normalized spacial score (nSPS) is 10.5. The maximum Gasteiger partial charge on any atom is 0.248 e. The number of methoxy groups -OCH3 is 3. The van der Waals surface area contributed by atoms with E-state index < -0.39 is 0 Å². The third-order valence-corrected chi connectivity index (χ3v) is 3.70. The second-order valence-corrected chi connectivity index (χ2v) is 5.68. The van der Waals surface area contributed by atoms with E-state index in [2.05, 4.69) is 5.32 Å². The van der Waals surface area contributed by atoms with Gasteiger partial charge in [-0.1, -0.05) is 13.0 Å². The standard InChI is InChI=1S/C21H25NO5/c1-5-10-27-19-8-6-15(11-20(19)26-4)7-9-21(23)22-16-12-17(24-2)14-18(13-16)25-3/h6-9,11-14H,5,10H2,1-4H3,(H,22,23)/b9-7+. The molecule has 0 aliphatic heterocycles. The van der Waals surface area contributed by atoms with Crippen molar-refractivity contribution in [2.24, 2.45) is 0 Å². The zero-order valence-corrected chi connectivity index (χ0v) is 16.1. The molecule has 6 heteroatoms. The number of carbonyl (C=O) groups is 1. The molecule has 0 atom stereocenters. The number of anilines is 1. The highest BCUT2D eigenvalue weighted by atomic mass is 16.5. The fraction of sp³-hybridized carbons (Fsp3) is 0.286. The van der Waals surface area contributed by atoms with Crippen molar-refractivity contribution in [2.45, 2.75) is 13.3 Å². The first kappa shape index (κ1) is 20.2. The van der Waals surface area contributed by atoms with Crippen LogP contribution in [0.15, 0.2) is 42.5 Å². The lowest BCUT2D eigenvalue weighted by atomic mass is 10.2. The van der Waals surface area contributed by atoms with Gasteiger partial charge in [0, 0.05) is 30.0 Å². The van der Waals surface area contributed by atoms with Crippen LogP contribution in [0, 0.1) is 0 Å². The number of ether oxygens (including phenoxy) is 4. The van der Waals surface area contributed by atoms with Crippen molar-refractivity contribution >= 4 is 17.7 Å². The van der Waals surface area contributed by atoms with E-state index in [9.17, 15) is 4.79 Å². The van der Waals surface area contributed by atoms with E-state index in [0.717, 1.165) is 12.0 Å². The number of carbonyl (C=O) groups excluding carboxylic acids is 1. The molecule has 0 unspecified atom stereocenters. The van der Waals surface area contributed by atoms with Crippen LogP contribution in [0.2, 0.25) is 0 Å². The molecule has 0 saturated carbocycles. The summed E-state index contributed by atoms with van der Waals surface area (Å²) in [6, 6.07) is 10.7. The maximum absolute atomic E-state index is 12.2. The van der Waals surface area contributed by atoms with Gasteiger partial charge in [0.25, 0.3) is 0 Å². The molecule has 0 aliphatic rings. The molecule has 2 aromatic rings. The highest BCUT2D eigenvalue weighted by Crippen LogP contribution is 2.29. The molecule has 6 nitrogen and oxygen atoms in total. The van der Waals surface area contributed by atoms with Gasteiger partial charge in [-0.05, 0) is 30.2 Å². The second-order valence-electron chi connectivity index (χ2n) is 5.68. The molecule has 2 rings (SSSR count). The molecule has 1 amide bonds. The average Bonchev–Trinajstić information content (AvgIpc) is 2.70. The monoisotopic (exact) mass is 371 g/mol. The Hall–Kier alpha value is -3.15. The van der Waals surface area contributed by atoms with Crippen molar-refractivity contribution in [2.75, 3.05) is 33.3 Å². The average molecular weight is 371 g/mol. The van der Waals surface area contributed by atoms with Gasteiger partial charge in [-0.2, -0.15) is 0 Å². The summed E-state index contributed by atoms with van der Waals surface area (Å²) in [4.78, 5) is 12.2. The van der Waals surface area contributed by atoms with Crippen molar-refractivity contribution in [3.05, 3.63) is 48.0 Å². The van der Waals surface area contributed by atoms with Crippen LogP contribution in [0.1, 0.15) is 18.9 Å². The third kappa shape index (κ3) is 5.95. The molecule has 0 aliphatic carbocycles. The van der Waals surface area contributed by atoms with Crippen molar-refractivity contribution in [1.82, 2.24) is 0 Å². The predicted molar refractivity (Wildman–Crippen MR) is 106 cm³/mol. The van der Waals surface area contributed by atoms with E-state index in [4.69, 9.17) is 18.9 Å². The van der Waals surface area contributed by atoms with Crippen molar-refractivity contribution in [3.8, 4) is 23.0 Å². The van der Waals surface area contributed by atoms with Gasteiger partial charge >= 0.3 is 0 Å². The van der Waals surface area contributed by atoms with Crippen LogP contribution in [0.5, 0.6) is 23.0 Å². The number of hydrogen-bond acceptors (Lipinski definition) is 5. The van der Waals surface area contributed by atoms with Gasteiger partial charge in [0.2, 0.25) is 5.91 Å². The Bertz CT molecular complexity index is 779. The van der Waals surface area contributed by atoms with Gasteiger partial charge in [-0.25, -0.2) is 0 Å². The van der Waals surface area contributed by atoms with Crippen molar-refractivity contribution in [3.63, 3.8) is 0 Å². The Morgan fingerprint density at radius 3 is 2.26 bits per heavy atom. The summed E-state index contributed by atoms with van der Waals surface area (Å²) in [7, 11) is 4.70. The van der Waals surface area contributed by atoms with Gasteiger partial charge in [0.1, 0.15) is 11.5 Å². The second kappa shape index (κ2) is 10.1. The summed E-state index contributed by atoms with van der Waals surface area (Å²) in [5.41, 5.74) is 1.41. The summed E-state index contributed by atoms with van der Waals surface area (Å²) >= 11 is 0. The zero-order valence-electron chi connectivity index (χ0n) is 16.1. The highest BCUT2D eigenvalue weighted by molar-refractivity contribution is 6.02. The number of hydrogen-bond donors (Lipinski definition) is 1. The molecule has 0 aromatic heterocycles. The zero-order chi connectivity index (χ0) is 19.6. The van der Waals surface area contributed by atoms with E-state index >= 15 is 0 Å². The van der Waals surface area contributed by atoms with Gasteiger partial charge in [0.15, 0.2) is 11.5 Å². The molecule has 1 N–H and O–H groups in total. The highest BCUT2D eigenvalue weighted by Gasteiger charge is 2.06. The fourth-order valence-corrected chi connectivity index (χ4v) is 2.35. The van der Waals surface area contributed by atoms with Crippen LogP contribution in [0.25, 0.3) is 6.08 Å². The van der Waals surface area contributed by atoms with Gasteiger partial charge in [-0.3, -0.25) is 4.79 Å². The molecule has 0 fully saturated rings. The molecule has 144 valence electrons. The van der Waals surface area contributed by atoms with Crippen LogP contribution >= 0.6 is 0 Å². The Morgan fingerprint density at radius 1 is 0.963 bits per heavy atom. The lowest BCUT2D eigenvalue weighted by Crippen LogP contribution is -2.08. The first-order chi connectivity index (χ1) is 13.1. The maximum atomic E-state index is 12.2. The molecule has 0 spiro atoms. The van der Waals surface area contributed by atoms with Gasteiger partial charge in [0.05, 0.1) is 27.9 Å². The first-order valence-corrected chi connectivity index (χ1v) is 8.62. The quantitative estimate of drug-likeness (QED) is 0.671. The number of benzene rings is 2. The Balaban J connectivity index is 2.08. The predicted octanol–water partition coefficient (Wildman–Crippen LogP) is 4.15. The summed E-state index contributed by atoms with van der Waals surface area (Å²) in [6.07, 6.45) is 4.08. The molecule has 2 aromatic carbocycles. The van der Waals surface area contributed by atoms with Gasteiger partial charge < -0.3 is 24.3 Å². The molecule has 0 bridgehead atoms. The van der Waals surface area contributed by atoms with Crippen LogP contribution < -0.4 is 24.3 Å². The van der Waals surface area contributed by atoms with Crippen LogP contribution in [0.4, 0.5) is 5.69 Å². The Labute approximate surface area is 159 Å². The minimum atomic E-state index is -0.268. The summed E-state index contributed by atoms with van der Waals surface area (Å²) < 4.78 is 21.4. The molecule has 27 heavy (non-hydrogen) atoms. The minimum absolute atomic E-state index is 0.268. The van der Waals surface area contributed by atoms with E-state index in [1.54, 1.807) is 45.6 Å². The molecule has 0 saturated heterocycles. The van der Waals surface area contributed by atoms with E-state index in [0.29, 0.717) is 35.3 Å². The summed E-state index contributed by atoms with van der Waals surface area (Å²) in [5.74, 6) is 2.24. The van der Waals surface area contributed by atoms with E-state index in [1.807, 2.05) is 25.1 Å². The third-order valence-electron chi connectivity index (χ3n) is 3.70. The first-order valence-electron chi connectivity index (χ1n) is 8.62. The number of nitrogens with one attached hydrogen (secondary N) is 1. The van der Waals surface area contributed by atoms with Crippen LogP contribution in [-0.2, 0) is 4.79 Å². The molecule has 0 heterocycles. The van der Waals surface area contributed by atoms with Crippen LogP contribution in [-0.4, -0.2) is 33.8 Å². The fourth-order valence-electron chi connectivity index (χ4n) is 2.35. The SMILES string of the molecule is CCCOc1ccc(/C=C/C(=O)Nc2cc(OC)cc(OC)c2)cc1OC. The molecular formula is C21H25NO5. The number of rotatable bonds is 9. The lowest BCUT2D eigenvalue weighted by molar-refractivity contribution is -0.111. The lowest BCUT2D eigenvalue weighted by Gasteiger charge is -2.10. The van der Waals surface area contributed by atoms with E-state index in [-0.39, 0.29) is 5.91 Å². The summed E-state index contributed by atoms with van der Waals surface area (Å²) in [6.45, 7) is 2.66. The Kier molecular flexibility index (Phi) is 7.55. The summed E-state index contributed by atoms with van der Waals surface area (Å²) in [5, 5.41) is 2.79. The van der Waals surface area contributed by atoms with Crippen molar-refractivity contribution < 1.29 is 23.7 Å². The topological polar surface area (TPSA) is 66.0 Å². The van der Waals surface area contributed by atoms with Crippen LogP contribution in [0.3, 0.4) is 0 Å². The molecule has 0 radical (unpaired) electrons. The molecular weight excluding hydrogens is 346 g/mol.